The quantitative estimate of drug-likeness (QED) is 0.122. The molecule has 7 N–H and O–H groups in total. The topological polar surface area (TPSA) is 166 Å². The smallest absolute Gasteiger partial charge is 0.222 e. The number of halogens is 2. The Balaban J connectivity index is 0.000000212. The van der Waals surface area contributed by atoms with E-state index < -0.39 is 0 Å². The van der Waals surface area contributed by atoms with Gasteiger partial charge in [0.1, 0.15) is 0 Å². The number of anilines is 4. The van der Waals surface area contributed by atoms with Crippen molar-refractivity contribution in [3.8, 4) is 0 Å². The summed E-state index contributed by atoms with van der Waals surface area (Å²) in [5.74, 6) is 1.31. The summed E-state index contributed by atoms with van der Waals surface area (Å²) in [7, 11) is 1.51. The molecule has 0 atom stereocenters. The van der Waals surface area contributed by atoms with Gasteiger partial charge in [-0.2, -0.15) is 9.97 Å². The summed E-state index contributed by atoms with van der Waals surface area (Å²) in [4.78, 5) is 29.5. The Hall–Kier alpha value is -3.04. The molecule has 0 aliphatic carbocycles. The summed E-state index contributed by atoms with van der Waals surface area (Å²) < 4.78 is 0. The van der Waals surface area contributed by atoms with Gasteiger partial charge in [-0.1, -0.05) is 46.7 Å². The van der Waals surface area contributed by atoms with Crippen LogP contribution in [0.15, 0.2) is 80.5 Å². The summed E-state index contributed by atoms with van der Waals surface area (Å²) in [6.07, 6.45) is 3.25. The lowest BCUT2D eigenvalue weighted by molar-refractivity contribution is 0.131. The second kappa shape index (κ2) is 15.4. The van der Waals surface area contributed by atoms with Crippen molar-refractivity contribution in [1.29, 1.82) is 0 Å². The van der Waals surface area contributed by atoms with E-state index in [1.807, 2.05) is 36.4 Å². The number of aliphatic hydroxyl groups is 1. The molecule has 0 bridgehead atoms. The molecule has 0 saturated heterocycles. The van der Waals surface area contributed by atoms with Gasteiger partial charge in [-0.05, 0) is 48.5 Å². The van der Waals surface area contributed by atoms with Crippen LogP contribution >= 0.6 is 46.7 Å². The molecule has 0 radical (unpaired) electrons. The molecule has 2 heterocycles. The van der Waals surface area contributed by atoms with Gasteiger partial charge in [-0.15, -0.1) is 0 Å². The highest BCUT2D eigenvalue weighted by atomic mass is 35.5. The van der Waals surface area contributed by atoms with Crippen molar-refractivity contribution in [3.63, 3.8) is 0 Å². The Labute approximate surface area is 237 Å². The number of rotatable bonds is 10. The second-order valence-corrected chi connectivity index (χ2v) is 10.1. The normalized spacial score (nSPS) is 10.4. The monoisotopic (exact) mass is 594 g/mol. The van der Waals surface area contributed by atoms with Gasteiger partial charge in [-0.3, -0.25) is 9.68 Å². The van der Waals surface area contributed by atoms with Crippen LogP contribution in [-0.2, 0) is 9.68 Å². The predicted molar refractivity (Wildman–Crippen MR) is 151 cm³/mol. The molecule has 11 nitrogen and oxygen atoms in total. The predicted octanol–water partition coefficient (Wildman–Crippen LogP) is 5.04. The maximum atomic E-state index is 8.69. The second-order valence-electron chi connectivity index (χ2n) is 6.97. The molecule has 4 rings (SSSR count). The van der Waals surface area contributed by atoms with Crippen molar-refractivity contribution >= 4 is 70.3 Å². The third kappa shape index (κ3) is 9.68. The number of hydrogen-bond donors (Lipinski definition) is 5. The van der Waals surface area contributed by atoms with E-state index in [-0.39, 0.29) is 25.1 Å². The fourth-order valence-corrected chi connectivity index (χ4v) is 4.47. The minimum atomic E-state index is -0.0901. The zero-order valence-corrected chi connectivity index (χ0v) is 23.1. The average molecular weight is 596 g/mol. The molecular weight excluding hydrogens is 571 g/mol. The lowest BCUT2D eigenvalue weighted by Gasteiger charge is -2.10. The molecule has 0 fully saturated rings. The first-order valence-corrected chi connectivity index (χ1v) is 13.2. The van der Waals surface area contributed by atoms with Crippen LogP contribution in [-0.4, -0.2) is 45.4 Å². The van der Waals surface area contributed by atoms with Gasteiger partial charge in [0.15, 0.2) is 11.6 Å². The van der Waals surface area contributed by atoms with Gasteiger partial charge in [-0.25, -0.2) is 20.9 Å². The van der Waals surface area contributed by atoms with Crippen molar-refractivity contribution in [2.45, 2.75) is 19.6 Å². The Morgan fingerprint density at radius 3 is 1.66 bits per heavy atom. The highest BCUT2D eigenvalue weighted by Gasteiger charge is 2.09. The minimum Gasteiger partial charge on any atom is -0.394 e. The number of aliphatic hydroxyl groups excluding tert-OH is 1. The van der Waals surface area contributed by atoms with E-state index in [2.05, 4.69) is 30.9 Å². The average Bonchev–Trinajstić information content (AvgIpc) is 2.90. The third-order valence-corrected chi connectivity index (χ3v) is 6.75. The molecule has 0 spiro atoms. The van der Waals surface area contributed by atoms with Crippen molar-refractivity contribution in [1.82, 2.24) is 19.9 Å². The fraction of sp³-hybridized carbons (Fsp3) is 0.130. The molecular formula is C23H24Cl2N8O3S2. The first-order chi connectivity index (χ1) is 18.4. The van der Waals surface area contributed by atoms with Gasteiger partial charge in [0.25, 0.3) is 0 Å². The number of nitrogens with zero attached hydrogens (tertiary/aromatic N) is 4. The maximum Gasteiger partial charge on any atom is 0.222 e. The number of nitrogens with two attached hydrogens (primary N) is 2. The van der Waals surface area contributed by atoms with Crippen LogP contribution in [0.25, 0.3) is 0 Å². The molecule has 2 aromatic carbocycles. The number of nitrogens with one attached hydrogen (secondary N) is 2. The van der Waals surface area contributed by atoms with Crippen LogP contribution in [0.2, 0.25) is 10.0 Å². The van der Waals surface area contributed by atoms with Gasteiger partial charge in [0, 0.05) is 32.2 Å². The standard InChI is InChI=1S/C12H13ClN4O2S.C11H11ClN4OS/c13-8-1-3-9(4-2-8)20-10-7-15-12(14)16-11(10)17-19-6-5-18;1-17-16-10-9(6-14-11(13)15-10)18-8-4-2-7(12)3-5-8/h1-4,7,18H,5-6H2,(H3,14,15,16,17);2-6H,1H3,(H3,13,14,15,16). The Morgan fingerprint density at radius 1 is 0.789 bits per heavy atom. The maximum absolute atomic E-state index is 8.69. The molecule has 0 aliphatic rings. The van der Waals surface area contributed by atoms with Crippen molar-refractivity contribution < 1.29 is 14.8 Å². The van der Waals surface area contributed by atoms with Gasteiger partial charge in [0.2, 0.25) is 11.9 Å². The number of aromatic nitrogens is 4. The summed E-state index contributed by atoms with van der Waals surface area (Å²) in [6, 6.07) is 14.9. The summed E-state index contributed by atoms with van der Waals surface area (Å²) in [6.45, 7) is 0.0577. The molecule has 0 amide bonds. The fourth-order valence-electron chi connectivity index (χ4n) is 2.59. The summed E-state index contributed by atoms with van der Waals surface area (Å²) in [5.41, 5.74) is 16.4. The zero-order valence-electron chi connectivity index (χ0n) is 20.0. The van der Waals surface area contributed by atoms with Gasteiger partial charge in [0.05, 0.1) is 30.1 Å². The first kappa shape index (κ1) is 29.5. The zero-order chi connectivity index (χ0) is 27.3. The van der Waals surface area contributed by atoms with Crippen molar-refractivity contribution in [2.24, 2.45) is 0 Å². The number of hydrogen-bond acceptors (Lipinski definition) is 13. The van der Waals surface area contributed by atoms with E-state index >= 15 is 0 Å². The minimum absolute atomic E-state index is 0.0901. The van der Waals surface area contributed by atoms with Gasteiger partial charge >= 0.3 is 0 Å². The molecule has 0 aliphatic heterocycles. The van der Waals surface area contributed by atoms with E-state index in [9.17, 15) is 0 Å². The first-order valence-electron chi connectivity index (χ1n) is 10.8. The molecule has 0 saturated carbocycles. The third-order valence-electron chi connectivity index (χ3n) is 4.19. The van der Waals surface area contributed by atoms with Crippen LogP contribution in [0.4, 0.5) is 23.5 Å². The molecule has 0 unspecified atom stereocenters. The van der Waals surface area contributed by atoms with Crippen LogP contribution in [0.5, 0.6) is 0 Å². The van der Waals surface area contributed by atoms with Crippen LogP contribution in [0.1, 0.15) is 0 Å². The Bertz CT molecular complexity index is 1310. The lowest BCUT2D eigenvalue weighted by atomic mass is 10.4. The van der Waals surface area contributed by atoms with E-state index in [4.69, 9.17) is 49.5 Å². The highest BCUT2D eigenvalue weighted by Crippen LogP contribution is 2.33. The van der Waals surface area contributed by atoms with Crippen LogP contribution < -0.4 is 22.4 Å². The van der Waals surface area contributed by atoms with E-state index in [0.29, 0.717) is 21.7 Å². The van der Waals surface area contributed by atoms with Crippen LogP contribution in [0.3, 0.4) is 0 Å². The van der Waals surface area contributed by atoms with Crippen LogP contribution in [0, 0.1) is 0 Å². The lowest BCUT2D eigenvalue weighted by Crippen LogP contribution is -2.09. The van der Waals surface area contributed by atoms with E-state index in [1.54, 1.807) is 24.5 Å². The number of benzene rings is 2. The Morgan fingerprint density at radius 2 is 1.24 bits per heavy atom. The van der Waals surface area contributed by atoms with Gasteiger partial charge < -0.3 is 16.6 Å². The summed E-state index contributed by atoms with van der Waals surface area (Å²) >= 11 is 14.6. The molecule has 200 valence electrons. The van der Waals surface area contributed by atoms with Crippen molar-refractivity contribution in [2.75, 3.05) is 42.8 Å². The summed E-state index contributed by atoms with van der Waals surface area (Å²) in [5, 5.41) is 10.1. The Kier molecular flexibility index (Phi) is 12.0. The SMILES string of the molecule is CONc1nc(N)ncc1Sc1ccc(Cl)cc1.Nc1ncc(Sc2ccc(Cl)cc2)c(NOCCO)n1. The van der Waals surface area contributed by atoms with E-state index in [0.717, 1.165) is 19.6 Å². The van der Waals surface area contributed by atoms with Crippen molar-refractivity contribution in [3.05, 3.63) is 71.0 Å². The molecule has 15 heteroatoms. The molecule has 4 aromatic rings. The largest absolute Gasteiger partial charge is 0.394 e. The molecule has 38 heavy (non-hydrogen) atoms. The number of nitrogen functional groups attached to an aromatic ring is 2. The van der Waals surface area contributed by atoms with E-state index in [1.165, 1.54) is 30.6 Å². The molecule has 2 aromatic heterocycles. The highest BCUT2D eigenvalue weighted by molar-refractivity contribution is 7.99.